The van der Waals surface area contributed by atoms with Gasteiger partial charge in [-0.15, -0.1) is 0 Å². The maximum Gasteiger partial charge on any atom is 0.364 e. The quantitative estimate of drug-likeness (QED) is 0.356. The lowest BCUT2D eigenvalue weighted by Crippen LogP contribution is -2.50. The van der Waals surface area contributed by atoms with Gasteiger partial charge in [-0.2, -0.15) is 8.78 Å². The van der Waals surface area contributed by atoms with E-state index in [-0.39, 0.29) is 25.4 Å². The molecule has 0 aliphatic heterocycles. The van der Waals surface area contributed by atoms with Crippen molar-refractivity contribution in [2.24, 2.45) is 23.2 Å². The van der Waals surface area contributed by atoms with E-state index in [9.17, 15) is 30.9 Å². The summed E-state index contributed by atoms with van der Waals surface area (Å²) in [6.07, 6.45) is 2.39. The monoisotopic (exact) mass is 397 g/mol. The molecule has 0 radical (unpaired) electrons. The molecule has 4 aliphatic rings. The first-order valence-electron chi connectivity index (χ1n) is 9.18. The van der Waals surface area contributed by atoms with Crippen LogP contribution < -0.4 is 0 Å². The molecular weight excluding hydrogens is 373 g/mol. The van der Waals surface area contributed by atoms with Crippen molar-refractivity contribution in [3.05, 3.63) is 0 Å². The van der Waals surface area contributed by atoms with Crippen molar-refractivity contribution in [1.29, 1.82) is 0 Å². The smallest absolute Gasteiger partial charge is 0.364 e. The molecule has 1 unspecified atom stereocenters. The summed E-state index contributed by atoms with van der Waals surface area (Å²) < 4.78 is 75.8. The molecule has 4 fully saturated rings. The zero-order chi connectivity index (χ0) is 19.2. The van der Waals surface area contributed by atoms with Crippen LogP contribution in [0.1, 0.15) is 57.8 Å². The fourth-order valence-corrected chi connectivity index (χ4v) is 5.86. The van der Waals surface area contributed by atoms with Crippen molar-refractivity contribution < 1.29 is 35.7 Å². The largest absolute Gasteiger partial charge is 0.743 e. The van der Waals surface area contributed by atoms with E-state index in [0.717, 1.165) is 19.3 Å². The SMILES string of the molecule is O=C(OCCCCC(F)C(F)(F)S(=O)(=O)[O-])C12CC3CC(CC(C3)C1)C2. The number of hydrogen-bond donors (Lipinski definition) is 0. The molecule has 4 rings (SSSR count). The summed E-state index contributed by atoms with van der Waals surface area (Å²) >= 11 is 0. The normalized spacial score (nSPS) is 34.7. The summed E-state index contributed by atoms with van der Waals surface area (Å²) in [5, 5.41) is -4.93. The van der Waals surface area contributed by atoms with Crippen molar-refractivity contribution in [3.8, 4) is 0 Å². The highest BCUT2D eigenvalue weighted by molar-refractivity contribution is 7.86. The molecule has 9 heteroatoms. The van der Waals surface area contributed by atoms with Gasteiger partial charge in [0.05, 0.1) is 12.0 Å². The van der Waals surface area contributed by atoms with E-state index in [1.54, 1.807) is 0 Å². The number of unbranched alkanes of at least 4 members (excludes halogenated alkanes) is 1. The van der Waals surface area contributed by atoms with E-state index in [0.29, 0.717) is 17.8 Å². The Morgan fingerprint density at radius 1 is 1.12 bits per heavy atom. The standard InChI is InChI=1S/C17H25F3O5S/c18-14(17(19,20)26(22,23)24)3-1-2-4-25-15(21)16-8-11-5-12(9-16)7-13(6-11)10-16/h11-14H,1-10H2,(H,22,23,24)/p-1. The van der Waals surface area contributed by atoms with Gasteiger partial charge in [-0.25, -0.2) is 12.8 Å². The van der Waals surface area contributed by atoms with Crippen LogP contribution in [0.15, 0.2) is 0 Å². The summed E-state index contributed by atoms with van der Waals surface area (Å²) in [5.41, 5.74) is -0.402. The second-order valence-corrected chi connectivity index (χ2v) is 9.77. The molecule has 150 valence electrons. The Morgan fingerprint density at radius 3 is 2.08 bits per heavy atom. The van der Waals surface area contributed by atoms with Crippen LogP contribution in [-0.2, 0) is 19.6 Å². The topological polar surface area (TPSA) is 83.5 Å². The predicted octanol–water partition coefficient (Wildman–Crippen LogP) is 3.39. The van der Waals surface area contributed by atoms with Gasteiger partial charge in [-0.05, 0) is 75.5 Å². The molecule has 4 saturated carbocycles. The van der Waals surface area contributed by atoms with E-state index >= 15 is 0 Å². The number of carbonyl (C=O) groups excluding carboxylic acids is 1. The summed E-state index contributed by atoms with van der Waals surface area (Å²) in [6, 6.07) is 0. The second kappa shape index (κ2) is 6.96. The maximum absolute atomic E-state index is 13.3. The minimum Gasteiger partial charge on any atom is -0.743 e. The molecule has 0 saturated heterocycles. The molecule has 0 heterocycles. The molecule has 0 aromatic heterocycles. The predicted molar refractivity (Wildman–Crippen MR) is 85.0 cm³/mol. The first kappa shape index (κ1) is 19.9. The minimum atomic E-state index is -6.03. The van der Waals surface area contributed by atoms with E-state index in [2.05, 4.69) is 0 Å². The van der Waals surface area contributed by atoms with Crippen LogP contribution in [0.3, 0.4) is 0 Å². The van der Waals surface area contributed by atoms with Gasteiger partial charge in [-0.3, -0.25) is 4.79 Å². The van der Waals surface area contributed by atoms with Crippen LogP contribution in [0.2, 0.25) is 0 Å². The van der Waals surface area contributed by atoms with Gasteiger partial charge in [0.1, 0.15) is 0 Å². The molecule has 26 heavy (non-hydrogen) atoms. The third-order valence-corrected chi connectivity index (χ3v) is 7.18. The van der Waals surface area contributed by atoms with Gasteiger partial charge in [0, 0.05) is 0 Å². The Kier molecular flexibility index (Phi) is 5.33. The van der Waals surface area contributed by atoms with E-state index in [1.807, 2.05) is 0 Å². The second-order valence-electron chi connectivity index (χ2n) is 8.31. The van der Waals surface area contributed by atoms with Crippen LogP contribution in [-0.4, -0.2) is 37.0 Å². The Hall–Kier alpha value is -0.830. The summed E-state index contributed by atoms with van der Waals surface area (Å²) in [5.74, 6) is 1.55. The highest BCUT2D eigenvalue weighted by Gasteiger charge is 2.55. The lowest BCUT2D eigenvalue weighted by atomic mass is 9.49. The molecule has 1 atom stereocenters. The third kappa shape index (κ3) is 3.74. The molecule has 4 aliphatic carbocycles. The number of carbonyl (C=O) groups is 1. The Labute approximate surface area is 151 Å². The Bertz CT molecular complexity index is 613. The lowest BCUT2D eigenvalue weighted by Gasteiger charge is -2.55. The number of esters is 1. The van der Waals surface area contributed by atoms with Crippen molar-refractivity contribution in [3.63, 3.8) is 0 Å². The highest BCUT2D eigenvalue weighted by atomic mass is 32.2. The zero-order valence-electron chi connectivity index (χ0n) is 14.5. The first-order valence-corrected chi connectivity index (χ1v) is 10.6. The summed E-state index contributed by atoms with van der Waals surface area (Å²) in [4.78, 5) is 12.5. The Balaban J connectivity index is 1.41. The summed E-state index contributed by atoms with van der Waals surface area (Å²) in [7, 11) is -6.03. The maximum atomic E-state index is 13.3. The molecule has 5 nitrogen and oxygen atoms in total. The minimum absolute atomic E-state index is 0.0109. The van der Waals surface area contributed by atoms with E-state index in [1.165, 1.54) is 19.3 Å². The van der Waals surface area contributed by atoms with E-state index < -0.39 is 33.4 Å². The fraction of sp³-hybridized carbons (Fsp3) is 0.941. The molecule has 0 amide bonds. The average molecular weight is 397 g/mol. The van der Waals surface area contributed by atoms with Gasteiger partial charge in [0.15, 0.2) is 16.3 Å². The lowest BCUT2D eigenvalue weighted by molar-refractivity contribution is -0.171. The first-order chi connectivity index (χ1) is 12.0. The zero-order valence-corrected chi connectivity index (χ0v) is 15.3. The number of hydrogen-bond acceptors (Lipinski definition) is 5. The van der Waals surface area contributed by atoms with Gasteiger partial charge in [0.2, 0.25) is 0 Å². The number of alkyl halides is 3. The average Bonchev–Trinajstić information content (AvgIpc) is 2.51. The summed E-state index contributed by atoms with van der Waals surface area (Å²) in [6.45, 7) is -0.0109. The number of rotatable bonds is 8. The van der Waals surface area contributed by atoms with Crippen molar-refractivity contribution in [2.45, 2.75) is 69.2 Å². The van der Waals surface area contributed by atoms with Crippen molar-refractivity contribution in [1.82, 2.24) is 0 Å². The molecule has 0 spiro atoms. The van der Waals surface area contributed by atoms with Crippen LogP contribution in [0.25, 0.3) is 0 Å². The van der Waals surface area contributed by atoms with Crippen molar-refractivity contribution in [2.75, 3.05) is 6.61 Å². The van der Waals surface area contributed by atoms with Gasteiger partial charge >= 0.3 is 11.2 Å². The number of ether oxygens (including phenoxy) is 1. The van der Waals surface area contributed by atoms with Crippen molar-refractivity contribution >= 4 is 16.1 Å². The van der Waals surface area contributed by atoms with Crippen LogP contribution in [0.5, 0.6) is 0 Å². The fourth-order valence-electron chi connectivity index (χ4n) is 5.43. The number of halogens is 3. The van der Waals surface area contributed by atoms with Gasteiger partial charge in [0.25, 0.3) is 0 Å². The molecular formula is C17H24F3O5S-. The van der Waals surface area contributed by atoms with Gasteiger partial charge < -0.3 is 9.29 Å². The third-order valence-electron chi connectivity index (χ3n) is 6.25. The van der Waals surface area contributed by atoms with Gasteiger partial charge in [-0.1, -0.05) is 0 Å². The highest BCUT2D eigenvalue weighted by Crippen LogP contribution is 2.60. The molecule has 0 N–H and O–H groups in total. The van der Waals surface area contributed by atoms with Crippen LogP contribution in [0, 0.1) is 23.2 Å². The Morgan fingerprint density at radius 2 is 1.62 bits per heavy atom. The molecule has 0 aromatic carbocycles. The van der Waals surface area contributed by atoms with E-state index in [4.69, 9.17) is 4.74 Å². The molecule has 0 aromatic rings. The van der Waals surface area contributed by atoms with Crippen LogP contribution >= 0.6 is 0 Å². The van der Waals surface area contributed by atoms with Crippen LogP contribution in [0.4, 0.5) is 13.2 Å². The molecule has 4 bridgehead atoms.